The number of aromatic amines is 1. The molecule has 10 heteroatoms. The summed E-state index contributed by atoms with van der Waals surface area (Å²) >= 11 is 0. The topological polar surface area (TPSA) is 128 Å². The standard InChI is InChI=1S/C18H22N6O4/c1-3-5-9-23-16-15(17(25)21-18(23)26)22(4-2)14(20-16)11-19-12-7-6-8-13(10-12)24(27)28/h6-8,10,19H,3-5,9,11H2,1-2H3,(H,21,25,26). The molecule has 2 aromatic heterocycles. The average Bonchev–Trinajstić information content (AvgIpc) is 3.05. The monoisotopic (exact) mass is 386 g/mol. The van der Waals surface area contributed by atoms with Crippen molar-refractivity contribution in [2.75, 3.05) is 5.32 Å². The Kier molecular flexibility index (Phi) is 5.57. The number of aryl methyl sites for hydroxylation is 2. The molecule has 0 aliphatic carbocycles. The number of nitrogens with one attached hydrogen (secondary N) is 2. The van der Waals surface area contributed by atoms with Crippen LogP contribution < -0.4 is 16.6 Å². The summed E-state index contributed by atoms with van der Waals surface area (Å²) < 4.78 is 3.24. The molecular formula is C18H22N6O4. The minimum atomic E-state index is -0.469. The second kappa shape index (κ2) is 8.07. The molecule has 0 amide bonds. The Morgan fingerprint density at radius 2 is 2.04 bits per heavy atom. The number of unbranched alkanes of at least 4 members (excludes halogenated alkanes) is 1. The molecule has 0 saturated carbocycles. The van der Waals surface area contributed by atoms with Crippen LogP contribution in [0, 0.1) is 10.1 Å². The molecule has 0 saturated heterocycles. The van der Waals surface area contributed by atoms with Gasteiger partial charge in [-0.2, -0.15) is 0 Å². The maximum atomic E-state index is 12.4. The average molecular weight is 386 g/mol. The minimum absolute atomic E-state index is 0.0150. The lowest BCUT2D eigenvalue weighted by Crippen LogP contribution is -2.31. The van der Waals surface area contributed by atoms with Crippen molar-refractivity contribution in [2.24, 2.45) is 0 Å². The maximum absolute atomic E-state index is 12.4. The number of nitrogens with zero attached hydrogens (tertiary/aromatic N) is 4. The molecule has 148 valence electrons. The van der Waals surface area contributed by atoms with E-state index < -0.39 is 16.2 Å². The molecule has 0 atom stereocenters. The summed E-state index contributed by atoms with van der Waals surface area (Å²) in [4.78, 5) is 42.0. The van der Waals surface area contributed by atoms with E-state index >= 15 is 0 Å². The highest BCUT2D eigenvalue weighted by Gasteiger charge is 2.17. The number of aromatic nitrogens is 4. The van der Waals surface area contributed by atoms with Crippen LogP contribution in [0.1, 0.15) is 32.5 Å². The Balaban J connectivity index is 2.00. The van der Waals surface area contributed by atoms with Gasteiger partial charge in [0.2, 0.25) is 0 Å². The first-order valence-corrected chi connectivity index (χ1v) is 9.16. The number of nitro groups is 1. The van der Waals surface area contributed by atoms with E-state index in [-0.39, 0.29) is 12.2 Å². The summed E-state index contributed by atoms with van der Waals surface area (Å²) in [6.45, 7) is 5.13. The zero-order valence-electron chi connectivity index (χ0n) is 15.8. The van der Waals surface area contributed by atoms with Gasteiger partial charge in [-0.1, -0.05) is 19.4 Å². The summed E-state index contributed by atoms with van der Waals surface area (Å²) in [6.07, 6.45) is 1.70. The predicted molar refractivity (Wildman–Crippen MR) is 106 cm³/mol. The summed E-state index contributed by atoms with van der Waals surface area (Å²) in [6, 6.07) is 6.16. The van der Waals surface area contributed by atoms with E-state index in [1.54, 1.807) is 16.7 Å². The van der Waals surface area contributed by atoms with E-state index in [4.69, 9.17) is 0 Å². The first-order chi connectivity index (χ1) is 13.5. The number of H-pyrrole nitrogens is 1. The third kappa shape index (κ3) is 3.66. The number of non-ortho nitro benzene ring substituents is 1. The fraction of sp³-hybridized carbons (Fsp3) is 0.389. The van der Waals surface area contributed by atoms with Crippen LogP contribution in [0.2, 0.25) is 0 Å². The lowest BCUT2D eigenvalue weighted by Gasteiger charge is -2.08. The third-order valence-electron chi connectivity index (χ3n) is 4.52. The van der Waals surface area contributed by atoms with Crippen molar-refractivity contribution in [1.29, 1.82) is 0 Å². The Morgan fingerprint density at radius 3 is 2.71 bits per heavy atom. The Morgan fingerprint density at radius 1 is 1.25 bits per heavy atom. The van der Waals surface area contributed by atoms with Crippen molar-refractivity contribution in [1.82, 2.24) is 19.1 Å². The first-order valence-electron chi connectivity index (χ1n) is 9.16. The second-order valence-electron chi connectivity index (χ2n) is 6.37. The van der Waals surface area contributed by atoms with Crippen molar-refractivity contribution in [3.05, 3.63) is 61.0 Å². The Bertz CT molecular complexity index is 1130. The fourth-order valence-electron chi connectivity index (χ4n) is 3.13. The highest BCUT2D eigenvalue weighted by molar-refractivity contribution is 5.71. The van der Waals surface area contributed by atoms with E-state index in [1.165, 1.54) is 16.7 Å². The van der Waals surface area contributed by atoms with Crippen molar-refractivity contribution < 1.29 is 4.92 Å². The van der Waals surface area contributed by atoms with Gasteiger partial charge < -0.3 is 9.88 Å². The highest BCUT2D eigenvalue weighted by Crippen LogP contribution is 2.19. The van der Waals surface area contributed by atoms with Crippen molar-refractivity contribution in [3.8, 4) is 0 Å². The Labute approximate surface area is 160 Å². The van der Waals surface area contributed by atoms with Crippen LogP contribution in [0.15, 0.2) is 33.9 Å². The van der Waals surface area contributed by atoms with E-state index in [0.717, 1.165) is 12.8 Å². The summed E-state index contributed by atoms with van der Waals surface area (Å²) in [5, 5.41) is 14.0. The van der Waals surface area contributed by atoms with Crippen LogP contribution in [0.4, 0.5) is 11.4 Å². The zero-order valence-corrected chi connectivity index (χ0v) is 15.8. The van der Waals surface area contributed by atoms with Gasteiger partial charge in [0.05, 0.1) is 11.5 Å². The maximum Gasteiger partial charge on any atom is 0.330 e. The molecule has 2 heterocycles. The SMILES string of the molecule is CCCCn1c(=O)[nH]c(=O)c2c1nc(CNc1cccc([N+](=O)[O-])c1)n2CC. The minimum Gasteiger partial charge on any atom is -0.378 e. The normalized spacial score (nSPS) is 11.1. The molecule has 0 bridgehead atoms. The van der Waals surface area contributed by atoms with Gasteiger partial charge in [0.1, 0.15) is 5.82 Å². The molecule has 0 fully saturated rings. The molecule has 3 aromatic rings. The molecule has 1 aromatic carbocycles. The summed E-state index contributed by atoms with van der Waals surface area (Å²) in [5.74, 6) is 0.574. The largest absolute Gasteiger partial charge is 0.378 e. The van der Waals surface area contributed by atoms with E-state index in [1.807, 2.05) is 13.8 Å². The van der Waals surface area contributed by atoms with Gasteiger partial charge in [-0.25, -0.2) is 9.78 Å². The zero-order chi connectivity index (χ0) is 20.3. The molecular weight excluding hydrogens is 364 g/mol. The van der Waals surface area contributed by atoms with Crippen molar-refractivity contribution in [3.63, 3.8) is 0 Å². The number of imidazole rings is 1. The number of nitro benzene ring substituents is 1. The van der Waals surface area contributed by atoms with Crippen LogP contribution in [0.25, 0.3) is 11.2 Å². The van der Waals surface area contributed by atoms with Crippen LogP contribution in [0.3, 0.4) is 0 Å². The smallest absolute Gasteiger partial charge is 0.330 e. The quantitative estimate of drug-likeness (QED) is 0.451. The van der Waals surface area contributed by atoms with Gasteiger partial charge in [0.25, 0.3) is 11.2 Å². The lowest BCUT2D eigenvalue weighted by atomic mass is 10.3. The number of anilines is 1. The van der Waals surface area contributed by atoms with Crippen molar-refractivity contribution in [2.45, 2.75) is 46.3 Å². The number of hydrogen-bond donors (Lipinski definition) is 2. The molecule has 0 unspecified atom stereocenters. The predicted octanol–water partition coefficient (Wildman–Crippen LogP) is 2.23. The summed E-state index contributed by atoms with van der Waals surface area (Å²) in [5.41, 5.74) is 0.336. The number of benzene rings is 1. The summed E-state index contributed by atoms with van der Waals surface area (Å²) in [7, 11) is 0. The fourth-order valence-corrected chi connectivity index (χ4v) is 3.13. The van der Waals surface area contributed by atoms with Gasteiger partial charge in [0.15, 0.2) is 11.2 Å². The third-order valence-corrected chi connectivity index (χ3v) is 4.52. The van der Waals surface area contributed by atoms with E-state index in [9.17, 15) is 19.7 Å². The lowest BCUT2D eigenvalue weighted by molar-refractivity contribution is -0.384. The Hall–Kier alpha value is -3.43. The van der Waals surface area contributed by atoms with Gasteiger partial charge in [-0.05, 0) is 19.4 Å². The molecule has 3 rings (SSSR count). The van der Waals surface area contributed by atoms with Gasteiger partial charge >= 0.3 is 5.69 Å². The molecule has 10 nitrogen and oxygen atoms in total. The molecule has 2 N–H and O–H groups in total. The van der Waals surface area contributed by atoms with Crippen LogP contribution in [-0.2, 0) is 19.6 Å². The van der Waals surface area contributed by atoms with Gasteiger partial charge in [-0.15, -0.1) is 0 Å². The van der Waals surface area contributed by atoms with E-state index in [0.29, 0.717) is 35.8 Å². The number of fused-ring (bicyclic) bond motifs is 1. The molecule has 0 radical (unpaired) electrons. The molecule has 0 aliphatic heterocycles. The second-order valence-corrected chi connectivity index (χ2v) is 6.37. The van der Waals surface area contributed by atoms with Crippen LogP contribution in [0.5, 0.6) is 0 Å². The van der Waals surface area contributed by atoms with Crippen LogP contribution >= 0.6 is 0 Å². The molecule has 0 aliphatic rings. The molecule has 28 heavy (non-hydrogen) atoms. The molecule has 0 spiro atoms. The first kappa shape index (κ1) is 19.3. The highest BCUT2D eigenvalue weighted by atomic mass is 16.6. The number of hydrogen-bond acceptors (Lipinski definition) is 6. The van der Waals surface area contributed by atoms with Gasteiger partial charge in [0, 0.05) is 30.9 Å². The van der Waals surface area contributed by atoms with Crippen molar-refractivity contribution >= 4 is 22.5 Å². The van der Waals surface area contributed by atoms with E-state index in [2.05, 4.69) is 15.3 Å². The van der Waals surface area contributed by atoms with Crippen LogP contribution in [-0.4, -0.2) is 24.0 Å². The number of rotatable bonds is 8. The van der Waals surface area contributed by atoms with Gasteiger partial charge in [-0.3, -0.25) is 24.5 Å².